The molecular formula is C15H15N3O3. The number of hydrogen-bond acceptors (Lipinski definition) is 3. The van der Waals surface area contributed by atoms with Crippen LogP contribution in [0.15, 0.2) is 36.5 Å². The number of carbonyl (C=O) groups is 2. The van der Waals surface area contributed by atoms with Crippen LogP contribution in [0.2, 0.25) is 0 Å². The Hall–Kier alpha value is -2.63. The first-order chi connectivity index (χ1) is 10.2. The van der Waals surface area contributed by atoms with Gasteiger partial charge in [0.2, 0.25) is 0 Å². The van der Waals surface area contributed by atoms with E-state index >= 15 is 0 Å². The Labute approximate surface area is 121 Å². The topological polar surface area (TPSA) is 82.5 Å². The smallest absolute Gasteiger partial charge is 0.326 e. The van der Waals surface area contributed by atoms with E-state index in [1.807, 2.05) is 18.2 Å². The van der Waals surface area contributed by atoms with Gasteiger partial charge in [-0.05, 0) is 37.1 Å². The van der Waals surface area contributed by atoms with E-state index in [-0.39, 0.29) is 6.03 Å². The van der Waals surface area contributed by atoms with E-state index in [1.54, 1.807) is 18.3 Å². The molecule has 1 aliphatic rings. The van der Waals surface area contributed by atoms with Gasteiger partial charge >= 0.3 is 12.0 Å². The largest absolute Gasteiger partial charge is 0.480 e. The highest BCUT2D eigenvalue weighted by Crippen LogP contribution is 2.23. The van der Waals surface area contributed by atoms with Crippen LogP contribution in [0.25, 0.3) is 10.9 Å². The van der Waals surface area contributed by atoms with Crippen molar-refractivity contribution in [3.63, 3.8) is 0 Å². The van der Waals surface area contributed by atoms with Gasteiger partial charge in [-0.2, -0.15) is 0 Å². The second kappa shape index (κ2) is 5.40. The second-order valence-electron chi connectivity index (χ2n) is 5.00. The Bertz CT molecular complexity index is 696. The number of carboxylic acids is 1. The number of nitrogens with one attached hydrogen (secondary N) is 1. The lowest BCUT2D eigenvalue weighted by Gasteiger charge is -2.22. The molecule has 1 atom stereocenters. The van der Waals surface area contributed by atoms with Crippen LogP contribution in [0, 0.1) is 0 Å². The number of urea groups is 1. The van der Waals surface area contributed by atoms with E-state index in [0.717, 1.165) is 10.9 Å². The van der Waals surface area contributed by atoms with Gasteiger partial charge in [0.1, 0.15) is 6.04 Å². The molecule has 0 bridgehead atoms. The predicted molar refractivity (Wildman–Crippen MR) is 78.1 cm³/mol. The van der Waals surface area contributed by atoms with Crippen LogP contribution in [0.5, 0.6) is 0 Å². The highest BCUT2D eigenvalue weighted by atomic mass is 16.4. The van der Waals surface area contributed by atoms with E-state index in [2.05, 4.69) is 10.3 Å². The molecule has 6 heteroatoms. The molecule has 3 rings (SSSR count). The molecule has 2 amide bonds. The van der Waals surface area contributed by atoms with Crippen LogP contribution >= 0.6 is 0 Å². The number of benzene rings is 1. The molecule has 2 N–H and O–H groups in total. The van der Waals surface area contributed by atoms with Gasteiger partial charge in [-0.1, -0.05) is 6.07 Å². The van der Waals surface area contributed by atoms with Crippen LogP contribution in [0.4, 0.5) is 10.5 Å². The molecule has 0 spiro atoms. The summed E-state index contributed by atoms with van der Waals surface area (Å²) in [6.45, 7) is 0.464. The summed E-state index contributed by atoms with van der Waals surface area (Å²) in [5.74, 6) is -0.956. The molecule has 0 aliphatic carbocycles. The molecule has 21 heavy (non-hydrogen) atoms. The summed E-state index contributed by atoms with van der Waals surface area (Å²) in [5, 5.41) is 12.8. The summed E-state index contributed by atoms with van der Waals surface area (Å²) in [4.78, 5) is 29.1. The lowest BCUT2D eigenvalue weighted by atomic mass is 10.2. The first-order valence-electron chi connectivity index (χ1n) is 6.81. The van der Waals surface area contributed by atoms with Gasteiger partial charge in [-0.3, -0.25) is 4.98 Å². The summed E-state index contributed by atoms with van der Waals surface area (Å²) in [6.07, 6.45) is 2.90. The quantitative estimate of drug-likeness (QED) is 0.887. The van der Waals surface area contributed by atoms with Crippen LogP contribution in [0.3, 0.4) is 0 Å². The van der Waals surface area contributed by atoms with Gasteiger partial charge in [0.25, 0.3) is 0 Å². The number of anilines is 1. The highest BCUT2D eigenvalue weighted by molar-refractivity contribution is 6.01. The summed E-state index contributed by atoms with van der Waals surface area (Å²) >= 11 is 0. The lowest BCUT2D eigenvalue weighted by Crippen LogP contribution is -2.42. The van der Waals surface area contributed by atoms with Crippen molar-refractivity contribution in [3.8, 4) is 0 Å². The van der Waals surface area contributed by atoms with Crippen molar-refractivity contribution in [2.24, 2.45) is 0 Å². The maximum atomic E-state index is 12.3. The van der Waals surface area contributed by atoms with Gasteiger partial charge in [0, 0.05) is 18.1 Å². The van der Waals surface area contributed by atoms with E-state index < -0.39 is 12.0 Å². The summed E-state index contributed by atoms with van der Waals surface area (Å²) in [6, 6.07) is 8.01. The van der Waals surface area contributed by atoms with Crippen molar-refractivity contribution in [1.29, 1.82) is 0 Å². The molecule has 1 saturated heterocycles. The number of rotatable bonds is 2. The van der Waals surface area contributed by atoms with Crippen LogP contribution in [-0.2, 0) is 4.79 Å². The van der Waals surface area contributed by atoms with Crippen molar-refractivity contribution in [2.75, 3.05) is 11.9 Å². The summed E-state index contributed by atoms with van der Waals surface area (Å²) < 4.78 is 0. The number of amides is 2. The van der Waals surface area contributed by atoms with E-state index in [0.29, 0.717) is 25.1 Å². The number of aromatic nitrogens is 1. The lowest BCUT2D eigenvalue weighted by molar-refractivity contribution is -0.141. The van der Waals surface area contributed by atoms with Gasteiger partial charge < -0.3 is 15.3 Å². The average molecular weight is 285 g/mol. The fraction of sp³-hybridized carbons (Fsp3) is 0.267. The number of pyridine rings is 1. The fourth-order valence-corrected chi connectivity index (χ4v) is 2.67. The molecule has 0 saturated carbocycles. The number of nitrogens with zero attached hydrogens (tertiary/aromatic N) is 2. The summed E-state index contributed by atoms with van der Waals surface area (Å²) in [5.41, 5.74) is 1.42. The van der Waals surface area contributed by atoms with Crippen molar-refractivity contribution in [3.05, 3.63) is 36.5 Å². The van der Waals surface area contributed by atoms with Crippen LogP contribution in [-0.4, -0.2) is 39.6 Å². The van der Waals surface area contributed by atoms with Gasteiger partial charge in [-0.15, -0.1) is 0 Å². The minimum absolute atomic E-state index is 0.378. The first-order valence-corrected chi connectivity index (χ1v) is 6.81. The zero-order valence-electron chi connectivity index (χ0n) is 11.3. The minimum Gasteiger partial charge on any atom is -0.480 e. The summed E-state index contributed by atoms with van der Waals surface area (Å²) in [7, 11) is 0. The Kier molecular flexibility index (Phi) is 3.43. The standard InChI is InChI=1S/C15H15N3O3/c19-14(20)13-7-3-9-18(13)15(21)17-12-6-1-5-11-10(12)4-2-8-16-11/h1-2,4-6,8,13H,3,7,9H2,(H,17,21)(H,19,20)/t13-/m1/s1. The molecule has 1 aromatic heterocycles. The third-order valence-corrected chi connectivity index (χ3v) is 3.69. The number of likely N-dealkylation sites (tertiary alicyclic amines) is 1. The molecule has 0 radical (unpaired) electrons. The van der Waals surface area contributed by atoms with Crippen molar-refractivity contribution < 1.29 is 14.7 Å². The number of hydrogen-bond donors (Lipinski definition) is 2. The Morgan fingerprint density at radius 2 is 2.14 bits per heavy atom. The molecule has 6 nitrogen and oxygen atoms in total. The molecule has 0 unspecified atom stereocenters. The first kappa shape index (κ1) is 13.4. The third kappa shape index (κ3) is 2.52. The van der Waals surface area contributed by atoms with Gasteiger partial charge in [-0.25, -0.2) is 9.59 Å². The van der Waals surface area contributed by atoms with Crippen molar-refractivity contribution in [1.82, 2.24) is 9.88 Å². The van der Waals surface area contributed by atoms with Gasteiger partial charge in [0.05, 0.1) is 11.2 Å². The molecule has 1 aliphatic heterocycles. The van der Waals surface area contributed by atoms with E-state index in [4.69, 9.17) is 5.11 Å². The fourth-order valence-electron chi connectivity index (χ4n) is 2.67. The zero-order valence-corrected chi connectivity index (χ0v) is 11.3. The molecule has 108 valence electrons. The number of fused-ring (bicyclic) bond motifs is 1. The highest BCUT2D eigenvalue weighted by Gasteiger charge is 2.34. The Morgan fingerprint density at radius 1 is 1.29 bits per heavy atom. The van der Waals surface area contributed by atoms with Crippen molar-refractivity contribution >= 4 is 28.6 Å². The normalized spacial score (nSPS) is 17.9. The van der Waals surface area contributed by atoms with Crippen LogP contribution in [0.1, 0.15) is 12.8 Å². The number of carbonyl (C=O) groups excluding carboxylic acids is 1. The maximum absolute atomic E-state index is 12.3. The minimum atomic E-state index is -0.956. The van der Waals surface area contributed by atoms with Crippen LogP contribution < -0.4 is 5.32 Å². The zero-order chi connectivity index (χ0) is 14.8. The Morgan fingerprint density at radius 3 is 2.95 bits per heavy atom. The number of carboxylic acid groups (broad SMARTS) is 1. The molecule has 2 aromatic rings. The molecule has 1 fully saturated rings. The maximum Gasteiger partial charge on any atom is 0.326 e. The second-order valence-corrected chi connectivity index (χ2v) is 5.00. The van der Waals surface area contributed by atoms with E-state index in [1.165, 1.54) is 4.90 Å². The van der Waals surface area contributed by atoms with Gasteiger partial charge in [0.15, 0.2) is 0 Å². The molecule has 1 aromatic carbocycles. The SMILES string of the molecule is O=C(O)[C@H]1CCCN1C(=O)Nc1cccc2ncccc12. The third-order valence-electron chi connectivity index (χ3n) is 3.69. The Balaban J connectivity index is 1.85. The predicted octanol–water partition coefficient (Wildman–Crippen LogP) is 2.32. The average Bonchev–Trinajstić information content (AvgIpc) is 2.97. The number of aliphatic carboxylic acids is 1. The van der Waals surface area contributed by atoms with E-state index in [9.17, 15) is 9.59 Å². The molecular weight excluding hydrogens is 270 g/mol. The monoisotopic (exact) mass is 285 g/mol. The van der Waals surface area contributed by atoms with Crippen molar-refractivity contribution in [2.45, 2.75) is 18.9 Å². The molecule has 2 heterocycles.